The highest BCUT2D eigenvalue weighted by Gasteiger charge is 2.36. The minimum absolute atomic E-state index is 0.322. The van der Waals surface area contributed by atoms with Gasteiger partial charge in [-0.2, -0.15) is 0 Å². The minimum atomic E-state index is -0.327. The van der Waals surface area contributed by atoms with E-state index in [-0.39, 0.29) is 11.8 Å². The Morgan fingerprint density at radius 1 is 0.897 bits per heavy atom. The van der Waals surface area contributed by atoms with E-state index >= 15 is 0 Å². The molecule has 140 valence electrons. The molecule has 0 saturated carbocycles. The smallest absolute Gasteiger partial charge is 0.259 e. The van der Waals surface area contributed by atoms with Crippen molar-refractivity contribution in [2.45, 2.75) is 19.4 Å². The number of H-pyrrole nitrogens is 1. The fraction of sp³-hybridized carbons (Fsp3) is 0.130. The summed E-state index contributed by atoms with van der Waals surface area (Å²) in [6.45, 7) is 0.853. The monoisotopic (exact) mass is 399 g/mol. The Bertz CT molecular complexity index is 1610. The first kappa shape index (κ1) is 15.6. The Balaban J connectivity index is 1.89. The van der Waals surface area contributed by atoms with Gasteiger partial charge in [0.25, 0.3) is 11.8 Å². The summed E-state index contributed by atoms with van der Waals surface area (Å²) in [6.07, 6.45) is 1.90. The Morgan fingerprint density at radius 2 is 1.69 bits per heavy atom. The summed E-state index contributed by atoms with van der Waals surface area (Å²) in [5.74, 6) is -0.649. The molecule has 0 fully saturated rings. The van der Waals surface area contributed by atoms with Crippen LogP contribution in [0.15, 0.2) is 36.4 Å². The number of para-hydroxylation sites is 1. The van der Waals surface area contributed by atoms with E-state index in [2.05, 4.69) is 14.9 Å². The zero-order valence-electron chi connectivity index (χ0n) is 15.2. The topological polar surface area (TPSA) is 66.9 Å². The molecule has 7 rings (SSSR count). The van der Waals surface area contributed by atoms with Crippen LogP contribution in [0.1, 0.15) is 32.7 Å². The summed E-state index contributed by atoms with van der Waals surface area (Å²) in [5.41, 5.74) is 6.01. The fourth-order valence-electron chi connectivity index (χ4n) is 5.40. The van der Waals surface area contributed by atoms with Crippen molar-refractivity contribution in [2.75, 3.05) is 0 Å². The number of carbonyl (C=O) groups is 2. The number of nitrogens with one attached hydrogen (secondary N) is 2. The van der Waals surface area contributed by atoms with Gasteiger partial charge in [0.05, 0.1) is 27.7 Å². The van der Waals surface area contributed by atoms with E-state index in [1.165, 1.54) is 0 Å². The summed E-state index contributed by atoms with van der Waals surface area (Å²) < 4.78 is 2.28. The number of aromatic nitrogens is 2. The number of hydrogen-bond donors (Lipinski definition) is 2. The molecule has 2 aliphatic rings. The number of fused-ring (bicyclic) bond motifs is 10. The largest absolute Gasteiger partial charge is 0.353 e. The molecule has 0 spiro atoms. The van der Waals surface area contributed by atoms with Crippen LogP contribution in [-0.4, -0.2) is 21.4 Å². The van der Waals surface area contributed by atoms with Gasteiger partial charge in [0.15, 0.2) is 0 Å². The third-order valence-corrected chi connectivity index (χ3v) is 6.81. The van der Waals surface area contributed by atoms with Gasteiger partial charge in [-0.1, -0.05) is 35.9 Å². The van der Waals surface area contributed by atoms with Crippen LogP contribution in [0.2, 0.25) is 5.02 Å². The summed E-state index contributed by atoms with van der Waals surface area (Å²) in [7, 11) is 0. The van der Waals surface area contributed by atoms with Crippen molar-refractivity contribution in [3.05, 3.63) is 58.1 Å². The number of benzene rings is 3. The van der Waals surface area contributed by atoms with E-state index in [0.717, 1.165) is 73.6 Å². The predicted octanol–water partition coefficient (Wildman–Crippen LogP) is 4.91. The number of aromatic amines is 1. The van der Waals surface area contributed by atoms with E-state index in [9.17, 15) is 9.59 Å². The molecule has 2 N–H and O–H groups in total. The van der Waals surface area contributed by atoms with Gasteiger partial charge in [-0.25, -0.2) is 0 Å². The lowest BCUT2D eigenvalue weighted by Crippen LogP contribution is -2.20. The van der Waals surface area contributed by atoms with Gasteiger partial charge in [0.1, 0.15) is 0 Å². The maximum absolute atomic E-state index is 12.9. The number of rotatable bonds is 0. The van der Waals surface area contributed by atoms with Crippen LogP contribution in [0.4, 0.5) is 0 Å². The lowest BCUT2D eigenvalue weighted by molar-refractivity contribution is 0.0880. The first-order chi connectivity index (χ1) is 14.1. The maximum atomic E-state index is 12.9. The van der Waals surface area contributed by atoms with Gasteiger partial charge < -0.3 is 9.55 Å². The van der Waals surface area contributed by atoms with Crippen molar-refractivity contribution in [1.29, 1.82) is 0 Å². The second-order valence-electron chi connectivity index (χ2n) is 7.85. The number of halogens is 1. The molecule has 0 bridgehead atoms. The van der Waals surface area contributed by atoms with E-state index in [1.807, 2.05) is 36.4 Å². The van der Waals surface area contributed by atoms with E-state index in [1.54, 1.807) is 0 Å². The molecule has 5 aromatic rings. The first-order valence-corrected chi connectivity index (χ1v) is 10.1. The molecule has 0 aliphatic carbocycles. The number of amides is 2. The second-order valence-corrected chi connectivity index (χ2v) is 8.26. The molecule has 0 atom stereocenters. The third kappa shape index (κ3) is 1.69. The molecule has 0 saturated heterocycles. The van der Waals surface area contributed by atoms with Crippen molar-refractivity contribution in [2.24, 2.45) is 0 Å². The molecular weight excluding hydrogens is 386 g/mol. The van der Waals surface area contributed by atoms with Crippen LogP contribution in [0, 0.1) is 0 Å². The second kappa shape index (κ2) is 4.99. The quantitative estimate of drug-likeness (QED) is 0.363. The van der Waals surface area contributed by atoms with Crippen LogP contribution in [0.3, 0.4) is 0 Å². The summed E-state index contributed by atoms with van der Waals surface area (Å²) >= 11 is 6.53. The Kier molecular flexibility index (Phi) is 2.68. The lowest BCUT2D eigenvalue weighted by Gasteiger charge is -2.17. The highest BCUT2D eigenvalue weighted by atomic mass is 35.5. The SMILES string of the molecule is O=C1NC(=O)c2c1c1c3ccccc3[nH]c1c1c2c2ccc(Cl)c3c2n1CCC3. The van der Waals surface area contributed by atoms with E-state index in [0.29, 0.717) is 11.1 Å². The van der Waals surface area contributed by atoms with Crippen LogP contribution in [0.25, 0.3) is 43.6 Å². The average molecular weight is 400 g/mol. The third-order valence-electron chi connectivity index (χ3n) is 6.45. The minimum Gasteiger partial charge on any atom is -0.353 e. The van der Waals surface area contributed by atoms with Crippen molar-refractivity contribution in [1.82, 2.24) is 14.9 Å². The van der Waals surface area contributed by atoms with Gasteiger partial charge in [-0.05, 0) is 30.5 Å². The molecule has 4 heterocycles. The zero-order chi connectivity index (χ0) is 19.4. The van der Waals surface area contributed by atoms with Gasteiger partial charge in [-0.15, -0.1) is 0 Å². The van der Waals surface area contributed by atoms with Crippen LogP contribution in [-0.2, 0) is 13.0 Å². The molecule has 5 nitrogen and oxygen atoms in total. The van der Waals surface area contributed by atoms with Gasteiger partial charge >= 0.3 is 0 Å². The molecule has 2 aromatic heterocycles. The Hall–Kier alpha value is -3.31. The van der Waals surface area contributed by atoms with Gasteiger partial charge in [-0.3, -0.25) is 14.9 Å². The van der Waals surface area contributed by atoms with Crippen molar-refractivity contribution >= 4 is 67.0 Å². The van der Waals surface area contributed by atoms with Crippen LogP contribution >= 0.6 is 11.6 Å². The number of aryl methyl sites for hydroxylation is 2. The number of imide groups is 1. The summed E-state index contributed by atoms with van der Waals surface area (Å²) in [5, 5.41) is 6.89. The number of carbonyl (C=O) groups excluding carboxylic acids is 2. The molecule has 0 unspecified atom stereocenters. The number of nitrogens with zero attached hydrogens (tertiary/aromatic N) is 1. The highest BCUT2D eigenvalue weighted by molar-refractivity contribution is 6.40. The normalized spacial score (nSPS) is 15.8. The van der Waals surface area contributed by atoms with Gasteiger partial charge in [0, 0.05) is 38.6 Å². The van der Waals surface area contributed by atoms with Crippen molar-refractivity contribution in [3.8, 4) is 0 Å². The first-order valence-electron chi connectivity index (χ1n) is 9.70. The lowest BCUT2D eigenvalue weighted by atomic mass is 9.96. The molecule has 0 radical (unpaired) electrons. The Labute approximate surface area is 169 Å². The summed E-state index contributed by atoms with van der Waals surface area (Å²) in [4.78, 5) is 29.3. The average Bonchev–Trinajstić information content (AvgIpc) is 3.35. The van der Waals surface area contributed by atoms with Crippen molar-refractivity contribution in [3.63, 3.8) is 0 Å². The van der Waals surface area contributed by atoms with Crippen molar-refractivity contribution < 1.29 is 9.59 Å². The maximum Gasteiger partial charge on any atom is 0.259 e. The molecular formula is C23H14ClN3O2. The number of hydrogen-bond acceptors (Lipinski definition) is 2. The fourth-order valence-corrected chi connectivity index (χ4v) is 5.64. The molecule has 29 heavy (non-hydrogen) atoms. The zero-order valence-corrected chi connectivity index (χ0v) is 16.0. The van der Waals surface area contributed by atoms with E-state index in [4.69, 9.17) is 11.6 Å². The van der Waals surface area contributed by atoms with Crippen LogP contribution in [0.5, 0.6) is 0 Å². The molecule has 2 amide bonds. The van der Waals surface area contributed by atoms with E-state index < -0.39 is 0 Å². The predicted molar refractivity (Wildman–Crippen MR) is 114 cm³/mol. The summed E-state index contributed by atoms with van der Waals surface area (Å²) in [6, 6.07) is 11.8. The molecule has 3 aromatic carbocycles. The highest BCUT2D eigenvalue weighted by Crippen LogP contribution is 2.46. The Morgan fingerprint density at radius 3 is 2.55 bits per heavy atom. The standard InChI is InChI=1S/C23H14ClN3O2/c24-13-8-7-12-16-18-17(22(28)26-23(18)29)15-11-4-1-2-6-14(11)25-19(15)21(16)27-9-3-5-10(13)20(12)27/h1-2,4,6-8,25H,3,5,9H2,(H,26,28,29). The molecule has 6 heteroatoms. The molecule has 2 aliphatic heterocycles. The van der Waals surface area contributed by atoms with Crippen LogP contribution < -0.4 is 5.32 Å². The van der Waals surface area contributed by atoms with Gasteiger partial charge in [0.2, 0.25) is 0 Å².